The van der Waals surface area contributed by atoms with Gasteiger partial charge in [0.2, 0.25) is 0 Å². The van der Waals surface area contributed by atoms with Gasteiger partial charge in [-0.05, 0) is 74.5 Å². The molecule has 0 N–H and O–H groups in total. The predicted octanol–water partition coefficient (Wildman–Crippen LogP) is 6.21. The van der Waals surface area contributed by atoms with Gasteiger partial charge in [0.1, 0.15) is 17.2 Å². The minimum absolute atomic E-state index is 0.279. The van der Waals surface area contributed by atoms with Crippen molar-refractivity contribution < 1.29 is 28.6 Å². The molecule has 0 aliphatic carbocycles. The van der Waals surface area contributed by atoms with E-state index < -0.39 is 17.9 Å². The van der Waals surface area contributed by atoms with Crippen LogP contribution in [-0.4, -0.2) is 17.9 Å². The summed E-state index contributed by atoms with van der Waals surface area (Å²) in [6.45, 7) is 13.7. The number of hydrogen-bond acceptors (Lipinski definition) is 7. The molecule has 0 saturated carbocycles. The molecule has 0 bridgehead atoms. The van der Waals surface area contributed by atoms with Crippen molar-refractivity contribution in [3.8, 4) is 17.2 Å². The van der Waals surface area contributed by atoms with E-state index in [9.17, 15) is 14.4 Å². The Balaban J connectivity index is 2.00. The lowest BCUT2D eigenvalue weighted by Crippen LogP contribution is -2.12. The molecule has 0 aromatic heterocycles. The number of carbonyl (C=O) groups is 3. The second-order valence-corrected chi connectivity index (χ2v) is 7.79. The monoisotopic (exact) mass is 483 g/mol. The molecule has 0 saturated heterocycles. The maximum absolute atomic E-state index is 12.0. The van der Waals surface area contributed by atoms with Gasteiger partial charge in [0.25, 0.3) is 0 Å². The highest BCUT2D eigenvalue weighted by molar-refractivity contribution is 5.90. The first-order chi connectivity index (χ1) is 17.2. The van der Waals surface area contributed by atoms with Crippen LogP contribution >= 0.6 is 0 Å². The van der Waals surface area contributed by atoms with E-state index >= 15 is 0 Å². The fourth-order valence-corrected chi connectivity index (χ4v) is 3.01. The van der Waals surface area contributed by atoms with Crippen LogP contribution in [0.1, 0.15) is 13.8 Å². The molecule has 7 heteroatoms. The van der Waals surface area contributed by atoms with E-state index in [0.717, 1.165) is 17.5 Å². The van der Waals surface area contributed by atoms with E-state index in [4.69, 9.17) is 14.2 Å². The molecule has 0 spiro atoms. The highest BCUT2D eigenvalue weighted by Crippen LogP contribution is 2.37. The summed E-state index contributed by atoms with van der Waals surface area (Å²) >= 11 is 0. The van der Waals surface area contributed by atoms with Crippen LogP contribution in [0, 0.1) is 0 Å². The maximum Gasteiger partial charge on any atom is 0.338 e. The fraction of sp³-hybridized carbons (Fsp3) is 0.0690. The molecule has 0 radical (unpaired) electrons. The predicted molar refractivity (Wildman–Crippen MR) is 138 cm³/mol. The molecule has 0 fully saturated rings. The smallest absolute Gasteiger partial charge is 0.338 e. The Labute approximate surface area is 209 Å². The average molecular weight is 484 g/mol. The number of benzene rings is 3. The number of carbonyl (C=O) groups excluding carboxylic acids is 3. The van der Waals surface area contributed by atoms with Crippen molar-refractivity contribution in [2.45, 2.75) is 13.8 Å². The number of rotatable bonds is 9. The molecular formula is C29H25NO6. The van der Waals surface area contributed by atoms with Gasteiger partial charge in [0.15, 0.2) is 0 Å². The highest BCUT2D eigenvalue weighted by Gasteiger charge is 2.16. The zero-order chi connectivity index (χ0) is 26.2. The van der Waals surface area contributed by atoms with Gasteiger partial charge in [-0.25, -0.2) is 14.4 Å². The molecule has 3 aromatic rings. The molecule has 0 unspecified atom stereocenters. The van der Waals surface area contributed by atoms with Crippen molar-refractivity contribution in [1.29, 1.82) is 0 Å². The van der Waals surface area contributed by atoms with E-state index in [-0.39, 0.29) is 5.57 Å². The van der Waals surface area contributed by atoms with E-state index in [1.165, 1.54) is 0 Å². The zero-order valence-corrected chi connectivity index (χ0v) is 20.0. The Morgan fingerprint density at radius 3 is 1.61 bits per heavy atom. The van der Waals surface area contributed by atoms with Gasteiger partial charge in [-0.15, -0.1) is 0 Å². The minimum Gasteiger partial charge on any atom is -0.423 e. The Morgan fingerprint density at radius 2 is 1.14 bits per heavy atom. The Bertz CT molecular complexity index is 1320. The second kappa shape index (κ2) is 11.5. The number of nitrogens with zero attached hydrogens (tertiary/aromatic N) is 1. The van der Waals surface area contributed by atoms with Crippen LogP contribution in [0.5, 0.6) is 17.2 Å². The summed E-state index contributed by atoms with van der Waals surface area (Å²) in [5, 5.41) is 0. The summed E-state index contributed by atoms with van der Waals surface area (Å²) in [7, 11) is 0. The van der Waals surface area contributed by atoms with Crippen LogP contribution in [-0.2, 0) is 14.4 Å². The van der Waals surface area contributed by atoms with E-state index in [1.807, 2.05) is 11.0 Å². The van der Waals surface area contributed by atoms with E-state index in [2.05, 4.69) is 19.7 Å². The average Bonchev–Trinajstić information content (AvgIpc) is 2.86. The Hall–Kier alpha value is -4.91. The summed E-state index contributed by atoms with van der Waals surface area (Å²) in [5.41, 5.74) is 2.71. The summed E-state index contributed by atoms with van der Waals surface area (Å²) in [5.74, 6) is -0.551. The van der Waals surface area contributed by atoms with Crippen LogP contribution < -0.4 is 19.1 Å². The highest BCUT2D eigenvalue weighted by atomic mass is 16.5. The Morgan fingerprint density at radius 1 is 0.667 bits per heavy atom. The molecule has 0 aliphatic rings. The van der Waals surface area contributed by atoms with Crippen LogP contribution in [0.15, 0.2) is 110 Å². The molecular weight excluding hydrogens is 458 g/mol. The fourth-order valence-electron chi connectivity index (χ4n) is 3.01. The van der Waals surface area contributed by atoms with Crippen molar-refractivity contribution in [2.24, 2.45) is 0 Å². The van der Waals surface area contributed by atoms with Gasteiger partial charge in [-0.3, -0.25) is 0 Å². The van der Waals surface area contributed by atoms with Crippen molar-refractivity contribution in [2.75, 3.05) is 4.90 Å². The molecule has 0 amide bonds. The van der Waals surface area contributed by atoms with Crippen LogP contribution in [0.3, 0.4) is 0 Å². The van der Waals surface area contributed by atoms with E-state index in [1.54, 1.807) is 80.6 Å². The van der Waals surface area contributed by atoms with Crippen LogP contribution in [0.25, 0.3) is 0 Å². The van der Waals surface area contributed by atoms with Crippen molar-refractivity contribution in [3.63, 3.8) is 0 Å². The lowest BCUT2D eigenvalue weighted by atomic mass is 10.1. The molecule has 3 aromatic carbocycles. The lowest BCUT2D eigenvalue weighted by Gasteiger charge is -2.26. The number of esters is 3. The molecule has 0 heterocycles. The molecule has 7 nitrogen and oxygen atoms in total. The van der Waals surface area contributed by atoms with Crippen LogP contribution in [0.2, 0.25) is 0 Å². The summed E-state index contributed by atoms with van der Waals surface area (Å²) in [6.07, 6.45) is 1.08. The second-order valence-electron chi connectivity index (χ2n) is 7.79. The quantitative estimate of drug-likeness (QED) is 0.203. The zero-order valence-electron chi connectivity index (χ0n) is 20.0. The normalized spacial score (nSPS) is 10.1. The topological polar surface area (TPSA) is 82.1 Å². The van der Waals surface area contributed by atoms with Gasteiger partial charge >= 0.3 is 17.9 Å². The maximum atomic E-state index is 12.0. The van der Waals surface area contributed by atoms with Crippen molar-refractivity contribution in [1.82, 2.24) is 0 Å². The number of hydrogen-bond donors (Lipinski definition) is 0. The van der Waals surface area contributed by atoms with Gasteiger partial charge in [-0.1, -0.05) is 25.8 Å². The summed E-state index contributed by atoms with van der Waals surface area (Å²) in [4.78, 5) is 37.3. The third kappa shape index (κ3) is 6.57. The third-order valence-corrected chi connectivity index (χ3v) is 4.77. The van der Waals surface area contributed by atoms with Gasteiger partial charge < -0.3 is 19.1 Å². The first-order valence-electron chi connectivity index (χ1n) is 10.9. The first kappa shape index (κ1) is 25.7. The molecule has 36 heavy (non-hydrogen) atoms. The molecule has 0 atom stereocenters. The van der Waals surface area contributed by atoms with Gasteiger partial charge in [0.05, 0.1) is 0 Å². The van der Waals surface area contributed by atoms with Crippen LogP contribution in [0.4, 0.5) is 17.1 Å². The summed E-state index contributed by atoms with van der Waals surface area (Å²) in [6, 6.07) is 20.7. The number of ether oxygens (including phenoxy) is 3. The number of anilines is 3. The first-order valence-corrected chi connectivity index (χ1v) is 10.9. The SMILES string of the molecule is C=CC(=O)Oc1ccc(N(c2ccc(OC(=O)C(=C)C)cc2)c2cccc(OC(=O)C(=C)C)c2)cc1. The minimum atomic E-state index is -0.563. The van der Waals surface area contributed by atoms with Gasteiger partial charge in [0, 0.05) is 40.4 Å². The molecule has 182 valence electrons. The van der Waals surface area contributed by atoms with E-state index in [0.29, 0.717) is 28.5 Å². The van der Waals surface area contributed by atoms with Crippen molar-refractivity contribution in [3.05, 3.63) is 110 Å². The third-order valence-electron chi connectivity index (χ3n) is 4.77. The molecule has 3 rings (SSSR count). The summed E-state index contributed by atoms with van der Waals surface area (Å²) < 4.78 is 15.9. The van der Waals surface area contributed by atoms with Gasteiger partial charge in [-0.2, -0.15) is 0 Å². The standard InChI is InChI=1S/C29H25NO6/c1-6-27(31)34-24-14-10-21(11-15-24)30(22-12-16-25(17-13-22)35-28(32)19(2)3)23-8-7-9-26(18-23)36-29(33)20(4)5/h6-18H,1-2,4H2,3,5H3. The lowest BCUT2D eigenvalue weighted by molar-refractivity contribution is -0.130. The van der Waals surface area contributed by atoms with Crippen molar-refractivity contribution >= 4 is 35.0 Å². The molecule has 0 aliphatic heterocycles. The Kier molecular flexibility index (Phi) is 8.20. The largest absolute Gasteiger partial charge is 0.423 e.